The minimum absolute atomic E-state index is 0.0196. The molecule has 0 bridgehead atoms. The molecule has 0 aliphatic carbocycles. The van der Waals surface area contributed by atoms with Crippen LogP contribution in [0.3, 0.4) is 0 Å². The van der Waals surface area contributed by atoms with Gasteiger partial charge in [-0.05, 0) is 41.9 Å². The fourth-order valence-corrected chi connectivity index (χ4v) is 3.84. The van der Waals surface area contributed by atoms with Gasteiger partial charge < -0.3 is 9.47 Å². The SMILES string of the molecule is CCCCCCCCCCCC(=O)OC(I)C1CCOCC1. The number of alkyl halides is 1. The van der Waals surface area contributed by atoms with Gasteiger partial charge in [-0.15, -0.1) is 0 Å². The molecule has 1 aliphatic rings. The van der Waals surface area contributed by atoms with Crippen LogP contribution in [0.1, 0.15) is 84.0 Å². The molecular weight excluding hydrogens is 391 g/mol. The van der Waals surface area contributed by atoms with Crippen LogP contribution in [0, 0.1) is 5.92 Å². The van der Waals surface area contributed by atoms with E-state index >= 15 is 0 Å². The molecule has 22 heavy (non-hydrogen) atoms. The highest BCUT2D eigenvalue weighted by atomic mass is 127. The summed E-state index contributed by atoms with van der Waals surface area (Å²) in [6.07, 6.45) is 14.1. The van der Waals surface area contributed by atoms with Gasteiger partial charge in [-0.25, -0.2) is 0 Å². The Morgan fingerprint density at radius 3 is 2.18 bits per heavy atom. The zero-order chi connectivity index (χ0) is 16.0. The summed E-state index contributed by atoms with van der Waals surface area (Å²) < 4.78 is 10.9. The van der Waals surface area contributed by atoms with E-state index in [1.165, 1.54) is 44.9 Å². The van der Waals surface area contributed by atoms with E-state index < -0.39 is 0 Å². The fourth-order valence-electron chi connectivity index (χ4n) is 2.84. The van der Waals surface area contributed by atoms with Crippen molar-refractivity contribution in [2.24, 2.45) is 5.92 Å². The van der Waals surface area contributed by atoms with Crippen molar-refractivity contribution < 1.29 is 14.3 Å². The highest BCUT2D eigenvalue weighted by Gasteiger charge is 2.24. The van der Waals surface area contributed by atoms with Crippen molar-refractivity contribution in [1.82, 2.24) is 0 Å². The number of carbonyl (C=O) groups is 1. The minimum atomic E-state index is -0.0196. The zero-order valence-electron chi connectivity index (χ0n) is 14.2. The summed E-state index contributed by atoms with van der Waals surface area (Å²) in [5, 5.41) is 0. The normalized spacial score (nSPS) is 17.4. The second-order valence-corrected chi connectivity index (χ2v) is 7.60. The summed E-state index contributed by atoms with van der Waals surface area (Å²) in [5.74, 6) is 0.454. The molecule has 0 amide bonds. The largest absolute Gasteiger partial charge is 0.451 e. The average molecular weight is 424 g/mol. The van der Waals surface area contributed by atoms with E-state index in [2.05, 4.69) is 29.5 Å². The smallest absolute Gasteiger partial charge is 0.306 e. The Hall–Kier alpha value is 0.160. The Labute approximate surface area is 150 Å². The van der Waals surface area contributed by atoms with Crippen LogP contribution in [0.4, 0.5) is 0 Å². The molecule has 1 fully saturated rings. The number of unbranched alkanes of at least 4 members (excludes halogenated alkanes) is 8. The molecule has 4 heteroatoms. The number of hydrogen-bond donors (Lipinski definition) is 0. The molecule has 0 spiro atoms. The van der Waals surface area contributed by atoms with Crippen LogP contribution in [0.15, 0.2) is 0 Å². The van der Waals surface area contributed by atoms with Crippen molar-refractivity contribution >= 4 is 28.6 Å². The summed E-state index contributed by atoms with van der Waals surface area (Å²) >= 11 is 2.27. The monoisotopic (exact) mass is 424 g/mol. The third kappa shape index (κ3) is 10.0. The molecule has 1 unspecified atom stereocenters. The van der Waals surface area contributed by atoms with Crippen molar-refractivity contribution in [3.63, 3.8) is 0 Å². The highest BCUT2D eigenvalue weighted by Crippen LogP contribution is 2.26. The molecule has 1 aliphatic heterocycles. The lowest BCUT2D eigenvalue weighted by Crippen LogP contribution is -2.27. The summed E-state index contributed by atoms with van der Waals surface area (Å²) in [6.45, 7) is 3.86. The second kappa shape index (κ2) is 13.6. The van der Waals surface area contributed by atoms with Crippen LogP contribution in [0.25, 0.3) is 0 Å². The summed E-state index contributed by atoms with van der Waals surface area (Å²) in [6, 6.07) is 0. The van der Waals surface area contributed by atoms with Gasteiger partial charge in [0.25, 0.3) is 0 Å². The predicted octanol–water partition coefficient (Wildman–Crippen LogP) is 5.64. The van der Waals surface area contributed by atoms with Gasteiger partial charge >= 0.3 is 5.97 Å². The molecule has 0 aromatic heterocycles. The Bertz CT molecular complexity index is 278. The van der Waals surface area contributed by atoms with Crippen LogP contribution in [-0.4, -0.2) is 23.3 Å². The van der Waals surface area contributed by atoms with Gasteiger partial charge in [-0.3, -0.25) is 4.79 Å². The number of hydrogen-bond acceptors (Lipinski definition) is 3. The molecule has 0 radical (unpaired) electrons. The van der Waals surface area contributed by atoms with Crippen LogP contribution < -0.4 is 0 Å². The predicted molar refractivity (Wildman–Crippen MR) is 99.3 cm³/mol. The van der Waals surface area contributed by atoms with Crippen molar-refractivity contribution in [1.29, 1.82) is 0 Å². The van der Waals surface area contributed by atoms with Crippen LogP contribution >= 0.6 is 22.6 Å². The number of esters is 1. The first-order chi connectivity index (χ1) is 10.7. The van der Waals surface area contributed by atoms with E-state index in [-0.39, 0.29) is 10.1 Å². The summed E-state index contributed by atoms with van der Waals surface area (Å²) in [7, 11) is 0. The minimum Gasteiger partial charge on any atom is -0.451 e. The van der Waals surface area contributed by atoms with Gasteiger partial charge in [-0.2, -0.15) is 0 Å². The third-order valence-corrected chi connectivity index (χ3v) is 5.64. The maximum atomic E-state index is 11.8. The lowest BCUT2D eigenvalue weighted by atomic mass is 10.0. The van der Waals surface area contributed by atoms with Crippen molar-refractivity contribution in [3.8, 4) is 0 Å². The van der Waals surface area contributed by atoms with Crippen molar-refractivity contribution in [2.45, 2.75) is 88.1 Å². The van der Waals surface area contributed by atoms with E-state index in [1.54, 1.807) is 0 Å². The molecule has 0 saturated carbocycles. The standard InChI is InChI=1S/C18H33IO3/c1-2-3-4-5-6-7-8-9-10-11-17(20)22-18(19)16-12-14-21-15-13-16/h16,18H,2-15H2,1H3. The maximum absolute atomic E-state index is 11.8. The Balaban J connectivity index is 1.92. The van der Waals surface area contributed by atoms with Gasteiger partial charge in [0.05, 0.1) is 0 Å². The summed E-state index contributed by atoms with van der Waals surface area (Å²) in [5.41, 5.74) is 0. The lowest BCUT2D eigenvalue weighted by Gasteiger charge is -2.26. The van der Waals surface area contributed by atoms with Gasteiger partial charge in [-0.1, -0.05) is 58.3 Å². The van der Waals surface area contributed by atoms with Crippen molar-refractivity contribution in [3.05, 3.63) is 0 Å². The van der Waals surface area contributed by atoms with Gasteiger partial charge in [0, 0.05) is 25.6 Å². The third-order valence-electron chi connectivity index (χ3n) is 4.37. The Kier molecular flexibility index (Phi) is 12.5. The number of carbonyl (C=O) groups excluding carboxylic acids is 1. The van der Waals surface area contributed by atoms with E-state index in [4.69, 9.17) is 9.47 Å². The first kappa shape index (κ1) is 20.2. The van der Waals surface area contributed by atoms with Crippen LogP contribution in [0.2, 0.25) is 0 Å². The molecule has 1 atom stereocenters. The molecule has 1 saturated heterocycles. The molecule has 0 N–H and O–H groups in total. The number of rotatable bonds is 12. The molecule has 1 rings (SSSR count). The van der Waals surface area contributed by atoms with E-state index in [0.29, 0.717) is 12.3 Å². The van der Waals surface area contributed by atoms with Gasteiger partial charge in [0.15, 0.2) is 4.11 Å². The topological polar surface area (TPSA) is 35.5 Å². The maximum Gasteiger partial charge on any atom is 0.306 e. The quantitative estimate of drug-likeness (QED) is 0.176. The van der Waals surface area contributed by atoms with E-state index in [0.717, 1.165) is 38.9 Å². The second-order valence-electron chi connectivity index (χ2n) is 6.37. The lowest BCUT2D eigenvalue weighted by molar-refractivity contribution is -0.147. The van der Waals surface area contributed by atoms with Crippen LogP contribution in [0.5, 0.6) is 0 Å². The van der Waals surface area contributed by atoms with Crippen molar-refractivity contribution in [2.75, 3.05) is 13.2 Å². The van der Waals surface area contributed by atoms with E-state index in [9.17, 15) is 4.79 Å². The number of halogens is 1. The molecule has 3 nitrogen and oxygen atoms in total. The molecule has 0 aromatic rings. The number of ether oxygens (including phenoxy) is 2. The van der Waals surface area contributed by atoms with Gasteiger partial charge in [0.2, 0.25) is 0 Å². The first-order valence-corrected chi connectivity index (χ1v) is 10.4. The molecule has 0 aromatic carbocycles. The van der Waals surface area contributed by atoms with E-state index in [1.807, 2.05) is 0 Å². The molecule has 130 valence electrons. The average Bonchev–Trinajstić information content (AvgIpc) is 2.54. The zero-order valence-corrected chi connectivity index (χ0v) is 16.3. The molecule has 1 heterocycles. The summed E-state index contributed by atoms with van der Waals surface area (Å²) in [4.78, 5) is 11.8. The Morgan fingerprint density at radius 1 is 1.05 bits per heavy atom. The first-order valence-electron chi connectivity index (χ1n) is 9.15. The fraction of sp³-hybridized carbons (Fsp3) is 0.944. The molecular formula is C18H33IO3. The highest BCUT2D eigenvalue weighted by molar-refractivity contribution is 14.1. The Morgan fingerprint density at radius 2 is 1.59 bits per heavy atom. The van der Waals surface area contributed by atoms with Crippen LogP contribution in [-0.2, 0) is 14.3 Å². The van der Waals surface area contributed by atoms with Gasteiger partial charge in [0.1, 0.15) is 0 Å².